The van der Waals surface area contributed by atoms with Crippen LogP contribution in [0.15, 0.2) is 49.6 Å². The van der Waals surface area contributed by atoms with Crippen LogP contribution in [0.4, 0.5) is 4.79 Å². The second kappa shape index (κ2) is 9.50. The van der Waals surface area contributed by atoms with Gasteiger partial charge in [-0.25, -0.2) is 4.79 Å². The Morgan fingerprint density at radius 3 is 2.23 bits per heavy atom. The summed E-state index contributed by atoms with van der Waals surface area (Å²) in [7, 11) is 0. The summed E-state index contributed by atoms with van der Waals surface area (Å²) in [4.78, 5) is 30.1. The van der Waals surface area contributed by atoms with E-state index in [9.17, 15) is 9.59 Å². The first-order valence-corrected chi connectivity index (χ1v) is 10.6. The molecule has 0 spiro atoms. The predicted molar refractivity (Wildman–Crippen MR) is 121 cm³/mol. The van der Waals surface area contributed by atoms with Gasteiger partial charge in [0, 0.05) is 19.6 Å². The van der Waals surface area contributed by atoms with Gasteiger partial charge in [0.15, 0.2) is 0 Å². The average molecular weight is 413 g/mol. The van der Waals surface area contributed by atoms with E-state index in [0.29, 0.717) is 32.5 Å². The van der Waals surface area contributed by atoms with Crippen molar-refractivity contribution in [2.75, 3.05) is 19.6 Å². The van der Waals surface area contributed by atoms with Crippen LogP contribution in [0.5, 0.6) is 0 Å². The molecule has 1 aromatic rings. The molecular weight excluding hydrogens is 376 g/mol. The van der Waals surface area contributed by atoms with Gasteiger partial charge >= 0.3 is 6.09 Å². The van der Waals surface area contributed by atoms with Crippen molar-refractivity contribution >= 4 is 12.0 Å². The molecule has 0 aliphatic carbocycles. The van der Waals surface area contributed by atoms with Crippen LogP contribution in [0, 0.1) is 12.3 Å². The van der Waals surface area contributed by atoms with Crippen molar-refractivity contribution in [1.29, 1.82) is 0 Å². The monoisotopic (exact) mass is 412 g/mol. The summed E-state index contributed by atoms with van der Waals surface area (Å²) in [5.74, 6) is 0.0738. The van der Waals surface area contributed by atoms with E-state index in [1.807, 2.05) is 63.8 Å². The molecule has 1 aliphatic heterocycles. The first-order chi connectivity index (χ1) is 14.0. The predicted octanol–water partition coefficient (Wildman–Crippen LogP) is 5.27. The number of nitrogens with zero attached hydrogens (tertiary/aromatic N) is 2. The molecule has 1 fully saturated rings. The fourth-order valence-corrected chi connectivity index (χ4v) is 4.01. The summed E-state index contributed by atoms with van der Waals surface area (Å²) in [5, 5.41) is 0. The van der Waals surface area contributed by atoms with Crippen LogP contribution in [0.3, 0.4) is 0 Å². The largest absolute Gasteiger partial charge is 0.444 e. The Kier molecular flexibility index (Phi) is 7.51. The third kappa shape index (κ3) is 5.53. The number of amides is 2. The van der Waals surface area contributed by atoms with Crippen molar-refractivity contribution in [2.45, 2.75) is 59.1 Å². The number of aryl methyl sites for hydroxylation is 1. The fraction of sp³-hybridized carbons (Fsp3) is 0.520. The van der Waals surface area contributed by atoms with E-state index in [-0.39, 0.29) is 18.0 Å². The zero-order valence-corrected chi connectivity index (χ0v) is 19.1. The number of carbonyl (C=O) groups is 2. The molecule has 2 amide bonds. The maximum Gasteiger partial charge on any atom is 0.410 e. The molecule has 0 saturated carbocycles. The first-order valence-electron chi connectivity index (χ1n) is 10.6. The molecule has 30 heavy (non-hydrogen) atoms. The minimum absolute atomic E-state index is 0.0738. The lowest BCUT2D eigenvalue weighted by Gasteiger charge is -2.44. The van der Waals surface area contributed by atoms with Crippen LogP contribution >= 0.6 is 0 Å². The van der Waals surface area contributed by atoms with E-state index >= 15 is 0 Å². The number of hydrogen-bond donors (Lipinski definition) is 0. The lowest BCUT2D eigenvalue weighted by atomic mass is 9.81. The van der Waals surface area contributed by atoms with Gasteiger partial charge in [0.05, 0.1) is 11.5 Å². The van der Waals surface area contributed by atoms with Gasteiger partial charge in [-0.2, -0.15) is 0 Å². The van der Waals surface area contributed by atoms with Crippen molar-refractivity contribution in [2.24, 2.45) is 5.41 Å². The van der Waals surface area contributed by atoms with Gasteiger partial charge in [0.2, 0.25) is 5.91 Å². The van der Waals surface area contributed by atoms with Crippen molar-refractivity contribution < 1.29 is 14.3 Å². The number of hydrogen-bond acceptors (Lipinski definition) is 3. The summed E-state index contributed by atoms with van der Waals surface area (Å²) < 4.78 is 5.67. The molecule has 5 heteroatoms. The van der Waals surface area contributed by atoms with Gasteiger partial charge in [-0.3, -0.25) is 9.69 Å². The lowest BCUT2D eigenvalue weighted by molar-refractivity contribution is -0.144. The van der Waals surface area contributed by atoms with Crippen LogP contribution in [0.25, 0.3) is 0 Å². The second-order valence-corrected chi connectivity index (χ2v) is 9.34. The van der Waals surface area contributed by atoms with Crippen molar-refractivity contribution in [3.05, 3.63) is 60.7 Å². The number of ether oxygens (including phenoxy) is 1. The molecule has 5 nitrogen and oxygen atoms in total. The van der Waals surface area contributed by atoms with E-state index in [0.717, 1.165) is 11.1 Å². The van der Waals surface area contributed by atoms with Crippen LogP contribution in [-0.4, -0.2) is 47.0 Å². The molecule has 1 atom stereocenters. The Morgan fingerprint density at radius 2 is 1.70 bits per heavy atom. The quantitative estimate of drug-likeness (QED) is 0.598. The maximum atomic E-state index is 13.5. The van der Waals surface area contributed by atoms with E-state index < -0.39 is 11.0 Å². The van der Waals surface area contributed by atoms with Gasteiger partial charge in [0.1, 0.15) is 5.60 Å². The highest BCUT2D eigenvalue weighted by atomic mass is 16.6. The molecule has 1 aliphatic rings. The maximum absolute atomic E-state index is 13.5. The molecule has 2 rings (SSSR count). The fourth-order valence-electron chi connectivity index (χ4n) is 4.01. The Morgan fingerprint density at radius 1 is 1.10 bits per heavy atom. The molecule has 1 heterocycles. The number of carbonyl (C=O) groups excluding carboxylic acids is 2. The minimum Gasteiger partial charge on any atom is -0.444 e. The smallest absolute Gasteiger partial charge is 0.410 e. The second-order valence-electron chi connectivity index (χ2n) is 9.34. The van der Waals surface area contributed by atoms with Crippen molar-refractivity contribution in [1.82, 2.24) is 9.80 Å². The van der Waals surface area contributed by atoms with Crippen molar-refractivity contribution in [3.63, 3.8) is 0 Å². The highest BCUT2D eigenvalue weighted by Crippen LogP contribution is 2.34. The topological polar surface area (TPSA) is 49.9 Å². The van der Waals surface area contributed by atoms with Crippen molar-refractivity contribution in [3.8, 4) is 0 Å². The van der Waals surface area contributed by atoms with Crippen LogP contribution < -0.4 is 0 Å². The molecule has 0 radical (unpaired) electrons. The summed E-state index contributed by atoms with van der Waals surface area (Å²) in [5.41, 5.74) is 0.973. The molecular formula is C25H36N2O3. The third-order valence-corrected chi connectivity index (χ3v) is 5.55. The zero-order valence-electron chi connectivity index (χ0n) is 19.1. The van der Waals surface area contributed by atoms with E-state index in [1.165, 1.54) is 0 Å². The van der Waals surface area contributed by atoms with E-state index in [2.05, 4.69) is 13.2 Å². The molecule has 1 saturated heterocycles. The number of benzene rings is 1. The SMILES string of the molecule is C=CCC(C)(CC=C)C(=O)N1CCN(C(=O)OC(C)(C)C)C(c2ccccc2C)C1. The lowest BCUT2D eigenvalue weighted by Crippen LogP contribution is -2.55. The van der Waals surface area contributed by atoms with Gasteiger partial charge in [0.25, 0.3) is 0 Å². The van der Waals surface area contributed by atoms with E-state index in [1.54, 1.807) is 17.1 Å². The van der Waals surface area contributed by atoms with Gasteiger partial charge in [-0.1, -0.05) is 43.3 Å². The highest BCUT2D eigenvalue weighted by Gasteiger charge is 2.41. The summed E-state index contributed by atoms with van der Waals surface area (Å²) in [6.07, 6.45) is 4.40. The number of allylic oxidation sites excluding steroid dienone is 2. The van der Waals surface area contributed by atoms with Gasteiger partial charge < -0.3 is 9.64 Å². The van der Waals surface area contributed by atoms with E-state index in [4.69, 9.17) is 4.74 Å². The molecule has 0 N–H and O–H groups in total. The molecule has 164 valence electrons. The van der Waals surface area contributed by atoms with Crippen LogP contribution in [-0.2, 0) is 9.53 Å². The Labute approximate surface area is 181 Å². The summed E-state index contributed by atoms with van der Waals surface area (Å²) in [6.45, 7) is 18.6. The van der Waals surface area contributed by atoms with Crippen LogP contribution in [0.1, 0.15) is 57.7 Å². The molecule has 0 bridgehead atoms. The normalized spacial score (nSPS) is 17.4. The Bertz CT molecular complexity index is 784. The highest BCUT2D eigenvalue weighted by molar-refractivity contribution is 5.83. The van der Waals surface area contributed by atoms with Gasteiger partial charge in [-0.15, -0.1) is 13.2 Å². The summed E-state index contributed by atoms with van der Waals surface area (Å²) >= 11 is 0. The zero-order chi connectivity index (χ0) is 22.5. The number of piperazine rings is 1. The Hall–Kier alpha value is -2.56. The number of rotatable bonds is 6. The molecule has 0 aromatic heterocycles. The Balaban J connectivity index is 2.36. The summed E-state index contributed by atoms with van der Waals surface area (Å²) in [6, 6.07) is 7.75. The van der Waals surface area contributed by atoms with Gasteiger partial charge in [-0.05, 0) is 51.7 Å². The van der Waals surface area contributed by atoms with Crippen LogP contribution in [0.2, 0.25) is 0 Å². The molecule has 1 aromatic carbocycles. The third-order valence-electron chi connectivity index (χ3n) is 5.55. The standard InChI is InChI=1S/C25H36N2O3/c1-8-14-25(7,15-9-2)22(28)26-16-17-27(23(29)30-24(4,5)6)21(18-26)20-13-11-10-12-19(20)3/h8-13,21H,1-2,14-18H2,3-7H3. The first kappa shape index (κ1) is 23.7. The minimum atomic E-state index is -0.577. The molecule has 1 unspecified atom stereocenters. The average Bonchev–Trinajstić information content (AvgIpc) is 2.66.